The number of halogens is 6. The molecule has 4 nitrogen and oxygen atoms in total. The number of carbonyl (C=O) groups excluding carboxylic acids is 2. The average Bonchev–Trinajstić information content (AvgIpc) is 2.80. The molecule has 2 aromatic rings. The Bertz CT molecular complexity index is 885. The molecule has 1 aliphatic rings. The lowest BCUT2D eigenvalue weighted by molar-refractivity contribution is -0.130. The predicted octanol–water partition coefficient (Wildman–Crippen LogP) is 7.48. The molecule has 1 atom stereocenters. The number of ether oxygens (including phenoxy) is 2. The van der Waals surface area contributed by atoms with Gasteiger partial charge in [0.15, 0.2) is 10.1 Å². The van der Waals surface area contributed by atoms with Gasteiger partial charge in [-0.05, 0) is 22.7 Å². The fraction of sp³-hybridized carbons (Fsp3) is 0.333. The van der Waals surface area contributed by atoms with Crippen LogP contribution < -0.4 is 0 Å². The van der Waals surface area contributed by atoms with Gasteiger partial charge in [-0.2, -0.15) is 0 Å². The van der Waals surface area contributed by atoms with Gasteiger partial charge < -0.3 is 9.47 Å². The number of Topliss-reactive ketones (excluding diaryl/α,β-unsaturated/α-hetero) is 1. The normalized spacial score (nSPS) is 16.2. The summed E-state index contributed by atoms with van der Waals surface area (Å²) in [5, 5.41) is -0.988. The molecule has 0 aromatic heterocycles. The topological polar surface area (TPSA) is 52.6 Å². The van der Waals surface area contributed by atoms with E-state index in [4.69, 9.17) is 79.1 Å². The van der Waals surface area contributed by atoms with Crippen LogP contribution in [0, 0.1) is 5.92 Å². The van der Waals surface area contributed by atoms with Crippen molar-refractivity contribution in [3.05, 3.63) is 84.4 Å². The highest BCUT2D eigenvalue weighted by atomic mass is 35.6. The summed E-state index contributed by atoms with van der Waals surface area (Å²) in [6, 6.07) is 19.9. The molecular formula is C24H24Cl6O4. The van der Waals surface area contributed by atoms with Crippen LogP contribution in [-0.4, -0.2) is 32.4 Å². The first-order valence-electron chi connectivity index (χ1n) is 10.0. The average molecular weight is 589 g/mol. The number of hydrogen-bond donors (Lipinski definition) is 0. The van der Waals surface area contributed by atoms with Crippen molar-refractivity contribution in [3.8, 4) is 0 Å². The Morgan fingerprint density at radius 2 is 1.41 bits per heavy atom. The van der Waals surface area contributed by atoms with E-state index < -0.39 is 13.4 Å². The quantitative estimate of drug-likeness (QED) is 0.139. The summed E-state index contributed by atoms with van der Waals surface area (Å²) in [4.78, 5) is 20.9. The van der Waals surface area contributed by atoms with E-state index in [-0.39, 0.29) is 11.7 Å². The third-order valence-corrected chi connectivity index (χ3v) is 6.44. The fourth-order valence-electron chi connectivity index (χ4n) is 2.48. The molecule has 0 saturated heterocycles. The largest absolute Gasteiger partial charge is 0.376 e. The van der Waals surface area contributed by atoms with E-state index in [1.807, 2.05) is 60.7 Å². The minimum atomic E-state index is -1.96. The summed E-state index contributed by atoms with van der Waals surface area (Å²) >= 11 is 31.1. The SMILES string of the molecule is C=CCOCc1ccccc1.O=C(Cl)C(Cl)(Cl)Cl.O=C1CC(COCc2ccccc2)C1(Cl)Cl. The zero-order chi connectivity index (χ0) is 25.6. The minimum Gasteiger partial charge on any atom is -0.376 e. The zero-order valence-electron chi connectivity index (χ0n) is 18.1. The molecule has 0 radical (unpaired) electrons. The highest BCUT2D eigenvalue weighted by molar-refractivity contribution is 6.88. The van der Waals surface area contributed by atoms with Gasteiger partial charge in [0.2, 0.25) is 0 Å². The number of alkyl halides is 5. The van der Waals surface area contributed by atoms with E-state index in [0.29, 0.717) is 32.8 Å². The Morgan fingerprint density at radius 3 is 1.76 bits per heavy atom. The summed E-state index contributed by atoms with van der Waals surface area (Å²) < 4.78 is 7.55. The second kappa shape index (κ2) is 16.0. The maximum absolute atomic E-state index is 11.1. The molecule has 0 N–H and O–H groups in total. The first kappa shape index (κ1) is 31.2. The maximum Gasteiger partial charge on any atom is 0.273 e. The van der Waals surface area contributed by atoms with Gasteiger partial charge in [0.1, 0.15) is 0 Å². The van der Waals surface area contributed by atoms with Crippen LogP contribution in [0.2, 0.25) is 0 Å². The molecule has 10 heteroatoms. The number of rotatable bonds is 8. The maximum atomic E-state index is 11.1. The summed E-state index contributed by atoms with van der Waals surface area (Å²) in [5.74, 6) is -0.184. The third-order valence-electron chi connectivity index (χ3n) is 4.32. The molecule has 0 bridgehead atoms. The molecule has 0 spiro atoms. The minimum absolute atomic E-state index is 0.0768. The summed E-state index contributed by atoms with van der Waals surface area (Å²) in [6.07, 6.45) is 2.17. The molecule has 34 heavy (non-hydrogen) atoms. The number of hydrogen-bond acceptors (Lipinski definition) is 4. The molecular weight excluding hydrogens is 565 g/mol. The first-order chi connectivity index (χ1) is 16.0. The smallest absolute Gasteiger partial charge is 0.273 e. The molecule has 186 valence electrons. The van der Waals surface area contributed by atoms with Crippen LogP contribution in [0.1, 0.15) is 17.5 Å². The van der Waals surface area contributed by atoms with Crippen molar-refractivity contribution in [1.29, 1.82) is 0 Å². The Labute approximate surface area is 230 Å². The molecule has 1 aliphatic carbocycles. The van der Waals surface area contributed by atoms with Crippen LogP contribution in [0.25, 0.3) is 0 Å². The summed E-state index contributed by atoms with van der Waals surface area (Å²) in [6.45, 7) is 5.81. The van der Waals surface area contributed by atoms with Crippen molar-refractivity contribution < 1.29 is 19.1 Å². The van der Waals surface area contributed by atoms with Crippen molar-refractivity contribution in [2.75, 3.05) is 13.2 Å². The van der Waals surface area contributed by atoms with Crippen molar-refractivity contribution in [2.45, 2.75) is 27.8 Å². The van der Waals surface area contributed by atoms with Crippen LogP contribution in [0.15, 0.2) is 73.3 Å². The van der Waals surface area contributed by atoms with E-state index in [0.717, 1.165) is 5.56 Å². The highest BCUT2D eigenvalue weighted by Crippen LogP contribution is 2.44. The van der Waals surface area contributed by atoms with E-state index in [1.165, 1.54) is 5.56 Å². The van der Waals surface area contributed by atoms with Crippen molar-refractivity contribution in [3.63, 3.8) is 0 Å². The lowest BCUT2D eigenvalue weighted by Crippen LogP contribution is -2.49. The van der Waals surface area contributed by atoms with Gasteiger partial charge in [-0.3, -0.25) is 9.59 Å². The predicted molar refractivity (Wildman–Crippen MR) is 141 cm³/mol. The van der Waals surface area contributed by atoms with Crippen LogP contribution in [0.3, 0.4) is 0 Å². The molecule has 1 saturated carbocycles. The molecule has 0 heterocycles. The Morgan fingerprint density at radius 1 is 0.971 bits per heavy atom. The van der Waals surface area contributed by atoms with Crippen LogP contribution in [0.5, 0.6) is 0 Å². The summed E-state index contributed by atoms with van der Waals surface area (Å²) in [5.41, 5.74) is 2.30. The van der Waals surface area contributed by atoms with E-state index >= 15 is 0 Å². The first-order valence-corrected chi connectivity index (χ1v) is 12.3. The number of carbonyl (C=O) groups is 2. The monoisotopic (exact) mass is 586 g/mol. The third kappa shape index (κ3) is 12.2. The van der Waals surface area contributed by atoms with Gasteiger partial charge in [-0.1, -0.05) is 125 Å². The van der Waals surface area contributed by atoms with E-state index in [2.05, 4.69) is 6.58 Å². The standard InChI is InChI=1S/C12H12Cl2O2.C10H12O.C2Cl4O/c13-12(14)10(6-11(12)15)8-16-7-9-4-2-1-3-5-9;1-2-8-11-9-10-6-4-3-5-7-10;3-1(7)2(4,5)6/h1-5,10H,6-8H2;2-7H,1,8-9H2;. The number of ketones is 1. The van der Waals surface area contributed by atoms with Gasteiger partial charge in [0.25, 0.3) is 9.03 Å². The van der Waals surface area contributed by atoms with Crippen LogP contribution >= 0.6 is 69.6 Å². The Hall–Kier alpha value is -0.820. The fourth-order valence-corrected chi connectivity index (χ4v) is 2.91. The zero-order valence-corrected chi connectivity index (χ0v) is 22.6. The van der Waals surface area contributed by atoms with Crippen molar-refractivity contribution in [2.24, 2.45) is 5.92 Å². The van der Waals surface area contributed by atoms with Gasteiger partial charge in [-0.25, -0.2) is 0 Å². The van der Waals surface area contributed by atoms with Gasteiger partial charge >= 0.3 is 0 Å². The molecule has 1 fully saturated rings. The second-order valence-corrected chi connectivity index (χ2v) is 11.0. The Balaban J connectivity index is 0.000000280. The summed E-state index contributed by atoms with van der Waals surface area (Å²) in [7, 11) is 0. The lowest BCUT2D eigenvalue weighted by Gasteiger charge is -2.37. The molecule has 0 amide bonds. The second-order valence-electron chi connectivity index (χ2n) is 7.01. The highest BCUT2D eigenvalue weighted by Gasteiger charge is 2.52. The van der Waals surface area contributed by atoms with Gasteiger partial charge in [0, 0.05) is 12.3 Å². The molecule has 0 aliphatic heterocycles. The van der Waals surface area contributed by atoms with Gasteiger partial charge in [0.05, 0.1) is 26.4 Å². The van der Waals surface area contributed by atoms with E-state index in [1.54, 1.807) is 6.08 Å². The molecule has 3 rings (SSSR count). The van der Waals surface area contributed by atoms with Crippen molar-refractivity contribution in [1.82, 2.24) is 0 Å². The molecule has 1 unspecified atom stereocenters. The number of benzene rings is 2. The molecule has 2 aromatic carbocycles. The van der Waals surface area contributed by atoms with Crippen LogP contribution in [-0.2, 0) is 32.3 Å². The Kier molecular flexibility index (Phi) is 14.7. The van der Waals surface area contributed by atoms with Crippen LogP contribution in [0.4, 0.5) is 0 Å². The van der Waals surface area contributed by atoms with E-state index in [9.17, 15) is 9.59 Å². The lowest BCUT2D eigenvalue weighted by atomic mass is 9.83. The van der Waals surface area contributed by atoms with Crippen molar-refractivity contribution >= 4 is 80.6 Å². The van der Waals surface area contributed by atoms with Gasteiger partial charge in [-0.15, -0.1) is 6.58 Å².